The molecule has 3 aromatic heterocycles. The van der Waals surface area contributed by atoms with E-state index >= 15 is 8.63 Å². The quantitative estimate of drug-likeness (QED) is 0.153. The molecule has 46 heavy (non-hydrogen) atoms. The smallest absolute Gasteiger partial charge is 0.471 e. The Morgan fingerprint density at radius 3 is 1.93 bits per heavy atom. The molecule has 1 N–H and O–H groups in total. The lowest BCUT2D eigenvalue weighted by atomic mass is 9.82. The number of aryl methyl sites for hydroxylation is 1. The van der Waals surface area contributed by atoms with E-state index in [2.05, 4.69) is 0 Å². The van der Waals surface area contributed by atoms with Gasteiger partial charge in [-0.2, -0.15) is 0 Å². The average Bonchev–Trinajstić information content (AvgIpc) is 3.84. The Morgan fingerprint density at radius 2 is 1.33 bits per heavy atom. The summed E-state index contributed by atoms with van der Waals surface area (Å²) in [6.07, 6.45) is 2.73. The number of benzene rings is 4. The zero-order valence-corrected chi connectivity index (χ0v) is 25.4. The van der Waals surface area contributed by atoms with Gasteiger partial charge in [-0.1, -0.05) is 90.0 Å². The molecule has 4 aromatic carbocycles. The monoisotopic (exact) mass is 626 g/mol. The number of halogens is 3. The number of hydrogen-bond donors (Lipinski definition) is 1. The molecule has 224 valence electrons. The van der Waals surface area contributed by atoms with E-state index in [-0.39, 0.29) is 17.1 Å². The molecule has 0 saturated carbocycles. The molecule has 8 rings (SSSR count). The highest BCUT2D eigenvalue weighted by molar-refractivity contribution is 6.63. The maximum Gasteiger partial charge on any atom is 0.534 e. The van der Waals surface area contributed by atoms with Crippen LogP contribution in [0.4, 0.5) is 8.63 Å². The Kier molecular flexibility index (Phi) is 6.44. The van der Waals surface area contributed by atoms with Crippen LogP contribution in [0, 0.1) is 12.8 Å². The van der Waals surface area contributed by atoms with Crippen LogP contribution in [0.3, 0.4) is 0 Å². The van der Waals surface area contributed by atoms with Gasteiger partial charge in [-0.05, 0) is 49.6 Å². The maximum absolute atomic E-state index is 15.6. The molecule has 0 bridgehead atoms. The predicted molar refractivity (Wildman–Crippen MR) is 179 cm³/mol. The highest BCUT2D eigenvalue weighted by Gasteiger charge is 2.45. The fraction of sp³-hybridized carbons (Fsp3) is 0.0270. The van der Waals surface area contributed by atoms with Crippen molar-refractivity contribution in [3.05, 3.63) is 167 Å². The predicted octanol–water partition coefficient (Wildman–Crippen LogP) is 9.25. The van der Waals surface area contributed by atoms with Gasteiger partial charge in [-0.25, -0.2) is 4.98 Å². The highest BCUT2D eigenvalue weighted by Crippen LogP contribution is 2.48. The van der Waals surface area contributed by atoms with Gasteiger partial charge < -0.3 is 22.7 Å². The third kappa shape index (κ3) is 4.29. The van der Waals surface area contributed by atoms with Gasteiger partial charge in [0, 0.05) is 35.0 Å². The Bertz CT molecular complexity index is 2180. The van der Waals surface area contributed by atoms with Gasteiger partial charge in [0.05, 0.1) is 33.4 Å². The van der Waals surface area contributed by atoms with E-state index < -0.39 is 6.97 Å². The van der Waals surface area contributed by atoms with E-state index in [1.807, 2.05) is 96.4 Å². The molecule has 0 saturated heterocycles. The van der Waals surface area contributed by atoms with Crippen molar-refractivity contribution in [3.8, 4) is 45.3 Å². The zero-order chi connectivity index (χ0) is 31.6. The van der Waals surface area contributed by atoms with Gasteiger partial charge >= 0.3 is 6.97 Å². The summed E-state index contributed by atoms with van der Waals surface area (Å²) in [5, 5.41) is 12.5. The van der Waals surface area contributed by atoms with E-state index in [1.54, 1.807) is 36.4 Å². The number of phenolic OH excluding ortho intramolecular Hbond substituents is 1. The first-order valence-corrected chi connectivity index (χ1v) is 15.3. The van der Waals surface area contributed by atoms with Gasteiger partial charge in [0.1, 0.15) is 11.5 Å². The van der Waals surface area contributed by atoms with Crippen molar-refractivity contribution in [2.75, 3.05) is 0 Å². The number of imidazole rings is 1. The number of rotatable bonds is 5. The number of hydrogen-bond acceptors (Lipinski definition) is 2. The third-order valence-electron chi connectivity index (χ3n) is 8.59. The fourth-order valence-corrected chi connectivity index (χ4v) is 6.68. The Morgan fingerprint density at radius 1 is 0.739 bits per heavy atom. The van der Waals surface area contributed by atoms with Crippen molar-refractivity contribution >= 4 is 18.6 Å². The first-order chi connectivity index (χ1) is 22.3. The summed E-state index contributed by atoms with van der Waals surface area (Å²) in [5.41, 5.74) is 6.60. The number of aromatic nitrogens is 4. The summed E-state index contributed by atoms with van der Waals surface area (Å²) in [5.74, 6) is 0.791. The van der Waals surface area contributed by atoms with Crippen LogP contribution in [0.5, 0.6) is 5.75 Å². The lowest BCUT2D eigenvalue weighted by Gasteiger charge is -2.37. The highest BCUT2D eigenvalue weighted by atomic mass is 35.5. The van der Waals surface area contributed by atoms with Gasteiger partial charge in [0.25, 0.3) is 0 Å². The van der Waals surface area contributed by atoms with E-state index in [0.29, 0.717) is 27.9 Å². The first-order valence-electron chi connectivity index (χ1n) is 14.9. The molecular weight excluding hydrogens is 601 g/mol. The van der Waals surface area contributed by atoms with Crippen LogP contribution in [-0.4, -0.2) is 30.6 Å². The summed E-state index contributed by atoms with van der Waals surface area (Å²) in [6, 6.07) is 37.7. The zero-order valence-electron chi connectivity index (χ0n) is 24.6. The molecule has 0 aliphatic carbocycles. The van der Waals surface area contributed by atoms with Crippen molar-refractivity contribution in [1.29, 1.82) is 0 Å². The Labute approximate surface area is 269 Å². The summed E-state index contributed by atoms with van der Waals surface area (Å²) in [7, 11) is 0. The summed E-state index contributed by atoms with van der Waals surface area (Å²) in [4.78, 5) is 5.21. The van der Waals surface area contributed by atoms with Gasteiger partial charge in [0.2, 0.25) is 0 Å². The van der Waals surface area contributed by atoms with Crippen LogP contribution in [0.15, 0.2) is 134 Å². The molecule has 0 radical (unpaired) electrons. The lowest BCUT2D eigenvalue weighted by molar-refractivity contribution is 0.470. The van der Waals surface area contributed by atoms with Crippen molar-refractivity contribution in [1.82, 2.24) is 18.5 Å². The molecular formula is C37H26BClF2N4O. The van der Waals surface area contributed by atoms with E-state index in [1.165, 1.54) is 12.4 Å². The standard InChI is InChI=1S/C37H26BClF2N4O/c1-24-16-18-28(19-17-24)45-35(26-12-6-3-7-13-26)34(25-10-4-2-5-11-25)42-37(45)30-23-27(39)22-29(36(30)46)33-31-14-8-20-43(31)38(40,41)44-21-9-15-32(33)44/h2-23,46H,1H3. The van der Waals surface area contributed by atoms with Crippen LogP contribution >= 0.6 is 11.6 Å². The number of aromatic hydroxyl groups is 1. The average molecular weight is 627 g/mol. The summed E-state index contributed by atoms with van der Waals surface area (Å²) < 4.78 is 35.1. The maximum atomic E-state index is 15.6. The van der Waals surface area contributed by atoms with Crippen LogP contribution in [-0.2, 0) is 0 Å². The molecule has 7 aromatic rings. The van der Waals surface area contributed by atoms with Gasteiger partial charge in [-0.15, -0.1) is 0 Å². The molecule has 9 heteroatoms. The van der Waals surface area contributed by atoms with Gasteiger partial charge in [0.15, 0.2) is 11.6 Å². The number of nitrogens with zero attached hydrogens (tertiary/aromatic N) is 4. The number of fused-ring (bicyclic) bond motifs is 2. The minimum atomic E-state index is -4.11. The molecule has 1 aliphatic heterocycles. The largest absolute Gasteiger partial charge is 0.534 e. The molecule has 0 atom stereocenters. The van der Waals surface area contributed by atoms with Crippen LogP contribution in [0.25, 0.3) is 39.6 Å². The third-order valence-corrected chi connectivity index (χ3v) is 8.81. The van der Waals surface area contributed by atoms with Crippen LogP contribution < -0.4 is 0 Å². The molecule has 5 nitrogen and oxygen atoms in total. The Hall–Kier alpha value is -5.47. The van der Waals surface area contributed by atoms with Crippen molar-refractivity contribution < 1.29 is 13.7 Å². The van der Waals surface area contributed by atoms with Crippen molar-refractivity contribution in [2.45, 2.75) is 6.92 Å². The fourth-order valence-electron chi connectivity index (χ4n) is 6.46. The van der Waals surface area contributed by atoms with Crippen molar-refractivity contribution in [2.24, 2.45) is 0 Å². The molecule has 0 unspecified atom stereocenters. The molecule has 0 spiro atoms. The van der Waals surface area contributed by atoms with E-state index in [0.717, 1.165) is 42.7 Å². The normalized spacial score (nSPS) is 13.4. The topological polar surface area (TPSA) is 47.9 Å². The Balaban J connectivity index is 1.43. The SMILES string of the molecule is Cc1ccc(-n2c(-c3cc(Cl)cc([C+]4c5cccn5[B-](F)(F)n5cccc54)c3O)nc(-c3ccccc3)c2-c2ccccc2)cc1. The first kappa shape index (κ1) is 28.0. The van der Waals surface area contributed by atoms with Crippen LogP contribution in [0.2, 0.25) is 5.02 Å². The summed E-state index contributed by atoms with van der Waals surface area (Å²) in [6.45, 7) is -2.08. The summed E-state index contributed by atoms with van der Waals surface area (Å²) >= 11 is 6.83. The number of phenols is 1. The molecule has 0 fully saturated rings. The van der Waals surface area contributed by atoms with E-state index in [9.17, 15) is 5.11 Å². The second-order valence-corrected chi connectivity index (χ2v) is 11.9. The minimum absolute atomic E-state index is 0.116. The van der Waals surface area contributed by atoms with Gasteiger partial charge in [-0.3, -0.25) is 4.57 Å². The molecule has 1 aliphatic rings. The second kappa shape index (κ2) is 10.6. The molecule has 0 amide bonds. The molecule has 4 heterocycles. The minimum Gasteiger partial charge on any atom is -0.471 e. The van der Waals surface area contributed by atoms with E-state index in [4.69, 9.17) is 16.6 Å². The van der Waals surface area contributed by atoms with Crippen LogP contribution in [0.1, 0.15) is 22.5 Å². The lowest BCUT2D eigenvalue weighted by Crippen LogP contribution is -2.48. The second-order valence-electron chi connectivity index (χ2n) is 11.4. The van der Waals surface area contributed by atoms with Crippen molar-refractivity contribution in [3.63, 3.8) is 0 Å².